The van der Waals surface area contributed by atoms with Gasteiger partial charge in [0.05, 0.1) is 10.5 Å². The molecule has 0 aliphatic carbocycles. The minimum Gasteiger partial charge on any atom is -0.294 e. The van der Waals surface area contributed by atoms with Crippen LogP contribution in [0.4, 0.5) is 0 Å². The number of nitrogens with zero attached hydrogens (tertiary/aromatic N) is 1. The maximum absolute atomic E-state index is 11.7. The summed E-state index contributed by atoms with van der Waals surface area (Å²) in [5.74, 6) is -2.64. The molecule has 0 saturated carbocycles. The van der Waals surface area contributed by atoms with Gasteiger partial charge in [-0.1, -0.05) is 58.0 Å². The average molecular weight is 527 g/mol. The van der Waals surface area contributed by atoms with Gasteiger partial charge in [0.1, 0.15) is 4.90 Å². The van der Waals surface area contributed by atoms with E-state index in [4.69, 9.17) is 0 Å². The fourth-order valence-corrected chi connectivity index (χ4v) is 5.52. The third-order valence-electron chi connectivity index (χ3n) is 3.94. The Morgan fingerprint density at radius 1 is 0.829 bits per heavy atom. The minimum atomic E-state index is -3.96. The lowest BCUT2D eigenvalue weighted by atomic mass is 10.1. The molecule has 1 N–H and O–H groups in total. The summed E-state index contributed by atoms with van der Waals surface area (Å²) in [7, 11) is -7.92. The minimum absolute atomic E-state index is 0.0488. The van der Waals surface area contributed by atoms with E-state index in [1.54, 1.807) is 12.1 Å². The second-order valence-corrected chi connectivity index (χ2v) is 9.71. The topological polar surface area (TPSA) is 152 Å². The number of benzene rings is 2. The van der Waals surface area contributed by atoms with E-state index in [-0.39, 0.29) is 31.0 Å². The van der Waals surface area contributed by atoms with Crippen molar-refractivity contribution in [2.24, 2.45) is 0 Å². The van der Waals surface area contributed by atoms with Crippen LogP contribution in [0.2, 0.25) is 0 Å². The highest BCUT2D eigenvalue weighted by atomic mass is 32.2. The number of rotatable bonds is 3. The fraction of sp³-hybridized carbons (Fsp3) is 0.304. The van der Waals surface area contributed by atoms with E-state index in [0.29, 0.717) is 0 Å². The average Bonchev–Trinajstić information content (AvgIpc) is 3.01. The van der Waals surface area contributed by atoms with Crippen molar-refractivity contribution in [2.45, 2.75) is 58.3 Å². The lowest BCUT2D eigenvalue weighted by Crippen LogP contribution is -2.34. The van der Waals surface area contributed by atoms with E-state index in [2.05, 4.69) is 0 Å². The number of imide groups is 1. The van der Waals surface area contributed by atoms with Gasteiger partial charge in [-0.05, 0) is 25.1 Å². The molecule has 2 aromatic rings. The quantitative estimate of drug-likeness (QED) is 0.599. The maximum Gasteiger partial charge on any atom is 0.276 e. The molecule has 0 aromatic heterocycles. The van der Waals surface area contributed by atoms with Gasteiger partial charge >= 0.3 is 0 Å². The molecule has 0 saturated heterocycles. The summed E-state index contributed by atoms with van der Waals surface area (Å²) in [6.07, 6.45) is 0. The van der Waals surface area contributed by atoms with Crippen molar-refractivity contribution < 1.29 is 36.0 Å². The monoisotopic (exact) mass is 526 g/mol. The molecule has 0 radical (unpaired) electrons. The molecule has 0 atom stereocenters. The Balaban J connectivity index is 0.000000579. The fourth-order valence-electron chi connectivity index (χ4n) is 2.73. The van der Waals surface area contributed by atoms with Crippen molar-refractivity contribution in [3.05, 3.63) is 59.7 Å². The van der Waals surface area contributed by atoms with Gasteiger partial charge in [-0.2, -0.15) is 4.31 Å². The van der Waals surface area contributed by atoms with Crippen LogP contribution < -0.4 is 4.72 Å². The Hall–Kier alpha value is -3.38. The number of carbonyl (C=O) groups is 4. The van der Waals surface area contributed by atoms with Crippen molar-refractivity contribution in [1.82, 2.24) is 9.03 Å². The zero-order valence-electron chi connectivity index (χ0n) is 20.6. The van der Waals surface area contributed by atoms with Crippen LogP contribution >= 0.6 is 0 Å². The molecule has 3 rings (SSSR count). The van der Waals surface area contributed by atoms with Gasteiger partial charge in [0, 0.05) is 19.4 Å². The predicted molar refractivity (Wildman–Crippen MR) is 131 cm³/mol. The first-order valence-corrected chi connectivity index (χ1v) is 13.6. The van der Waals surface area contributed by atoms with Gasteiger partial charge in [0.25, 0.3) is 26.0 Å². The summed E-state index contributed by atoms with van der Waals surface area (Å²) in [5.41, 5.74) is 0.115. The van der Waals surface area contributed by atoms with Crippen molar-refractivity contribution in [3.63, 3.8) is 0 Å². The number of carbonyl (C=O) groups excluding carboxylic acids is 4. The maximum atomic E-state index is 11.7. The molecule has 2 aromatic carbocycles. The molecule has 1 aliphatic heterocycles. The number of ketones is 1. The van der Waals surface area contributed by atoms with E-state index < -0.39 is 37.8 Å². The molecule has 10 nitrogen and oxygen atoms in total. The summed E-state index contributed by atoms with van der Waals surface area (Å²) in [6.45, 7) is 11.4. The zero-order valence-corrected chi connectivity index (χ0v) is 22.3. The molecule has 12 heteroatoms. The molecule has 3 amide bonds. The Labute approximate surface area is 206 Å². The number of nitrogens with one attached hydrogen (secondary N) is 1. The number of amides is 3. The summed E-state index contributed by atoms with van der Waals surface area (Å²) in [5, 5.41) is 0. The molecule has 0 bridgehead atoms. The van der Waals surface area contributed by atoms with Gasteiger partial charge in [0.2, 0.25) is 11.8 Å². The van der Waals surface area contributed by atoms with Crippen LogP contribution in [0.15, 0.2) is 58.3 Å². The summed E-state index contributed by atoms with van der Waals surface area (Å²) in [6, 6.07) is 11.5. The molecule has 0 fully saturated rings. The molecule has 1 aliphatic rings. The molecule has 35 heavy (non-hydrogen) atoms. The number of hydrogen-bond acceptors (Lipinski definition) is 8. The van der Waals surface area contributed by atoms with Gasteiger partial charge in [-0.25, -0.2) is 21.6 Å². The SMILES string of the molecule is CC.CC.CC(=O)N1C(=O)c2ccccc2S1(=O)=O.CC(=O)NS(=O)(=O)c1ccccc1C(C)=O. The van der Waals surface area contributed by atoms with E-state index in [9.17, 15) is 36.0 Å². The Bertz CT molecular complexity index is 1300. The van der Waals surface area contributed by atoms with Gasteiger partial charge in [-0.3, -0.25) is 19.2 Å². The second-order valence-electron chi connectivity index (χ2n) is 6.30. The van der Waals surface area contributed by atoms with Gasteiger partial charge in [0.15, 0.2) is 5.78 Å². The standard InChI is InChI=1S/C10H11NO4S.C9H7NO4S.2C2H6/c1-7(12)9-5-3-4-6-10(9)16(14,15)11-8(2)13;1-6(11)10-9(12)7-4-2-3-5-8(7)15(10,13)14;2*1-2/h3-6H,1-2H3,(H,11,13);2-5H,1H3;2*1-2H3. The molecular weight excluding hydrogens is 496 g/mol. The molecule has 0 unspecified atom stereocenters. The Morgan fingerprint density at radius 2 is 1.31 bits per heavy atom. The third kappa shape index (κ3) is 7.55. The number of fused-ring (bicyclic) bond motifs is 1. The second kappa shape index (κ2) is 13.5. The van der Waals surface area contributed by atoms with Crippen LogP contribution in [0.1, 0.15) is 69.2 Å². The van der Waals surface area contributed by atoms with Crippen LogP contribution in [-0.2, 0) is 29.6 Å². The normalized spacial score (nSPS) is 12.9. The Morgan fingerprint density at radius 3 is 1.77 bits per heavy atom. The number of Topliss-reactive ketones (excluding diaryl/α,β-unsaturated/α-hetero) is 1. The van der Waals surface area contributed by atoms with Gasteiger partial charge < -0.3 is 0 Å². The first-order valence-electron chi connectivity index (χ1n) is 10.6. The van der Waals surface area contributed by atoms with Crippen LogP contribution in [0.5, 0.6) is 0 Å². The number of sulfonamides is 2. The molecule has 1 heterocycles. The first kappa shape index (κ1) is 31.6. The smallest absolute Gasteiger partial charge is 0.276 e. The highest BCUT2D eigenvalue weighted by Crippen LogP contribution is 2.29. The van der Waals surface area contributed by atoms with Crippen molar-refractivity contribution in [2.75, 3.05) is 0 Å². The largest absolute Gasteiger partial charge is 0.294 e. The van der Waals surface area contributed by atoms with Crippen molar-refractivity contribution in [1.29, 1.82) is 0 Å². The highest BCUT2D eigenvalue weighted by Gasteiger charge is 2.43. The molecule has 0 spiro atoms. The lowest BCUT2D eigenvalue weighted by molar-refractivity contribution is -0.122. The predicted octanol–water partition coefficient (Wildman–Crippen LogP) is 3.14. The summed E-state index contributed by atoms with van der Waals surface area (Å²) < 4.78 is 48.9. The van der Waals surface area contributed by atoms with Crippen molar-refractivity contribution >= 4 is 43.6 Å². The Kier molecular flexibility index (Phi) is 12.2. The molecular formula is C23H30N2O8S2. The van der Waals surface area contributed by atoms with Crippen LogP contribution in [0, 0.1) is 0 Å². The van der Waals surface area contributed by atoms with E-state index >= 15 is 0 Å². The van der Waals surface area contributed by atoms with Crippen LogP contribution in [0.3, 0.4) is 0 Å². The van der Waals surface area contributed by atoms with Crippen LogP contribution in [0.25, 0.3) is 0 Å². The summed E-state index contributed by atoms with van der Waals surface area (Å²) >= 11 is 0. The van der Waals surface area contributed by atoms with E-state index in [1.165, 1.54) is 43.3 Å². The van der Waals surface area contributed by atoms with Gasteiger partial charge in [-0.15, -0.1) is 0 Å². The third-order valence-corrected chi connectivity index (χ3v) is 7.25. The zero-order chi connectivity index (χ0) is 27.6. The van der Waals surface area contributed by atoms with E-state index in [0.717, 1.165) is 13.8 Å². The molecule has 192 valence electrons. The van der Waals surface area contributed by atoms with E-state index in [1.807, 2.05) is 32.4 Å². The lowest BCUT2D eigenvalue weighted by Gasteiger charge is -2.08. The first-order chi connectivity index (χ1) is 16.3. The van der Waals surface area contributed by atoms with Crippen molar-refractivity contribution in [3.8, 4) is 0 Å². The van der Waals surface area contributed by atoms with Crippen LogP contribution in [-0.4, -0.2) is 44.6 Å². The number of hydrogen-bond donors (Lipinski definition) is 1. The summed E-state index contributed by atoms with van der Waals surface area (Å²) in [4.78, 5) is 44.3. The highest BCUT2D eigenvalue weighted by molar-refractivity contribution is 7.91.